The second kappa shape index (κ2) is 10.6. The van der Waals surface area contributed by atoms with Gasteiger partial charge in [-0.2, -0.15) is 0 Å². The number of esters is 1. The number of anilines is 1. The first-order valence-electron chi connectivity index (χ1n) is 10.5. The first kappa shape index (κ1) is 22.3. The number of hydrogen-bond donors (Lipinski definition) is 1. The van der Waals surface area contributed by atoms with Crippen LogP contribution in [0.25, 0.3) is 0 Å². The number of hydrogen-bond acceptors (Lipinski definition) is 5. The van der Waals surface area contributed by atoms with Crippen LogP contribution in [0.15, 0.2) is 54.6 Å². The minimum atomic E-state index is -1.09. The number of carbonyl (C=O) groups excluding carboxylic acids is 3. The zero-order chi connectivity index (χ0) is 22.2. The maximum atomic E-state index is 13.0. The quantitative estimate of drug-likeness (QED) is 0.687. The van der Waals surface area contributed by atoms with Crippen LogP contribution in [0.3, 0.4) is 0 Å². The van der Waals surface area contributed by atoms with E-state index in [0.717, 1.165) is 6.42 Å². The van der Waals surface area contributed by atoms with Crippen LogP contribution >= 0.6 is 0 Å². The first-order valence-corrected chi connectivity index (χ1v) is 10.5. The summed E-state index contributed by atoms with van der Waals surface area (Å²) in [6.07, 6.45) is 0.680. The molecule has 0 aliphatic carbocycles. The van der Waals surface area contributed by atoms with Gasteiger partial charge in [0.2, 0.25) is 12.0 Å². The van der Waals surface area contributed by atoms with Crippen molar-refractivity contribution >= 4 is 23.5 Å². The highest BCUT2D eigenvalue weighted by Gasteiger charge is 2.33. The maximum absolute atomic E-state index is 13.0. The van der Waals surface area contributed by atoms with E-state index in [4.69, 9.17) is 9.47 Å². The Morgan fingerprint density at radius 1 is 1.10 bits per heavy atom. The molecule has 1 N–H and O–H groups in total. The summed E-state index contributed by atoms with van der Waals surface area (Å²) in [4.78, 5) is 39.7. The molecule has 2 atom stereocenters. The molecule has 2 amide bonds. The van der Waals surface area contributed by atoms with E-state index in [-0.39, 0.29) is 5.91 Å². The molecule has 7 heteroatoms. The van der Waals surface area contributed by atoms with E-state index in [9.17, 15) is 14.4 Å². The largest absolute Gasteiger partial charge is 0.497 e. The van der Waals surface area contributed by atoms with Crippen molar-refractivity contribution in [3.8, 4) is 5.75 Å². The molecule has 1 aliphatic heterocycles. The third-order valence-corrected chi connectivity index (χ3v) is 5.34. The molecule has 1 aliphatic rings. The summed E-state index contributed by atoms with van der Waals surface area (Å²) in [6, 6.07) is 15.8. The Hall–Kier alpha value is -3.35. The third-order valence-electron chi connectivity index (χ3n) is 5.34. The molecule has 31 heavy (non-hydrogen) atoms. The molecule has 164 valence electrons. The third kappa shape index (κ3) is 5.84. The Labute approximate surface area is 182 Å². The van der Waals surface area contributed by atoms with Crippen molar-refractivity contribution < 1.29 is 23.9 Å². The van der Waals surface area contributed by atoms with Crippen molar-refractivity contribution in [2.45, 2.75) is 32.3 Å². The molecule has 2 aromatic rings. The summed E-state index contributed by atoms with van der Waals surface area (Å²) in [7, 11) is 1.57. The fourth-order valence-electron chi connectivity index (χ4n) is 3.61. The van der Waals surface area contributed by atoms with E-state index in [1.807, 2.05) is 6.07 Å². The molecule has 0 aromatic heterocycles. The lowest BCUT2D eigenvalue weighted by atomic mass is 9.97. The summed E-state index contributed by atoms with van der Waals surface area (Å²) in [5.41, 5.74) is 1.15. The minimum absolute atomic E-state index is 0.0226. The summed E-state index contributed by atoms with van der Waals surface area (Å²) >= 11 is 0. The predicted molar refractivity (Wildman–Crippen MR) is 116 cm³/mol. The lowest BCUT2D eigenvalue weighted by Gasteiger charge is -2.32. The smallest absolute Gasteiger partial charge is 0.311 e. The number of nitrogens with zero attached hydrogens (tertiary/aromatic N) is 1. The molecule has 3 rings (SSSR count). The topological polar surface area (TPSA) is 84.9 Å². The van der Waals surface area contributed by atoms with Crippen LogP contribution in [-0.4, -0.2) is 42.9 Å². The van der Waals surface area contributed by atoms with E-state index < -0.39 is 23.9 Å². The van der Waals surface area contributed by atoms with Gasteiger partial charge in [0.05, 0.1) is 13.0 Å². The normalized spacial score (nSPS) is 16.8. The van der Waals surface area contributed by atoms with Gasteiger partial charge in [0.15, 0.2) is 0 Å². The molecule has 0 radical (unpaired) electrons. The first-order chi connectivity index (χ1) is 15.0. The summed E-state index contributed by atoms with van der Waals surface area (Å²) in [5.74, 6) is -0.652. The van der Waals surface area contributed by atoms with E-state index in [0.29, 0.717) is 42.9 Å². The highest BCUT2D eigenvalue weighted by molar-refractivity contribution is 5.96. The molecule has 1 fully saturated rings. The van der Waals surface area contributed by atoms with Crippen molar-refractivity contribution in [1.82, 2.24) is 4.90 Å². The van der Waals surface area contributed by atoms with E-state index in [2.05, 4.69) is 5.32 Å². The van der Waals surface area contributed by atoms with Crippen LogP contribution in [0.2, 0.25) is 0 Å². The van der Waals surface area contributed by atoms with Crippen LogP contribution in [0.4, 0.5) is 5.69 Å². The number of rotatable bonds is 7. The minimum Gasteiger partial charge on any atom is -0.497 e. The summed E-state index contributed by atoms with van der Waals surface area (Å²) in [6.45, 7) is 2.78. The molecular formula is C24H28N2O5. The monoisotopic (exact) mass is 424 g/mol. The zero-order valence-corrected chi connectivity index (χ0v) is 17.9. The van der Waals surface area contributed by atoms with Gasteiger partial charge in [-0.3, -0.25) is 14.4 Å². The Bertz CT molecular complexity index is 898. The fraction of sp³-hybridized carbons (Fsp3) is 0.375. The van der Waals surface area contributed by atoms with Crippen LogP contribution in [0.1, 0.15) is 37.9 Å². The molecular weight excluding hydrogens is 396 g/mol. The highest BCUT2D eigenvalue weighted by atomic mass is 16.5. The summed E-state index contributed by atoms with van der Waals surface area (Å²) in [5, 5.41) is 2.80. The van der Waals surface area contributed by atoms with Gasteiger partial charge >= 0.3 is 5.97 Å². The lowest BCUT2D eigenvalue weighted by Crippen LogP contribution is -2.43. The van der Waals surface area contributed by atoms with Crippen LogP contribution < -0.4 is 10.1 Å². The van der Waals surface area contributed by atoms with Crippen LogP contribution in [0, 0.1) is 5.92 Å². The number of amides is 2. The lowest BCUT2D eigenvalue weighted by molar-refractivity contribution is -0.161. The van der Waals surface area contributed by atoms with Gasteiger partial charge in [0.25, 0.3) is 5.91 Å². The van der Waals surface area contributed by atoms with Crippen LogP contribution in [-0.2, 0) is 19.1 Å². The summed E-state index contributed by atoms with van der Waals surface area (Å²) < 4.78 is 10.8. The van der Waals surface area contributed by atoms with Crippen molar-refractivity contribution in [2.75, 3.05) is 25.5 Å². The van der Waals surface area contributed by atoms with Gasteiger partial charge in [0.1, 0.15) is 5.75 Å². The Kier molecular flexibility index (Phi) is 7.65. The molecule has 0 spiro atoms. The van der Waals surface area contributed by atoms with Gasteiger partial charge in [0, 0.05) is 30.8 Å². The molecule has 0 saturated carbocycles. The number of ether oxygens (including phenoxy) is 2. The number of carbonyl (C=O) groups is 3. The maximum Gasteiger partial charge on any atom is 0.311 e. The Balaban J connectivity index is 1.73. The molecule has 1 saturated heterocycles. The van der Waals surface area contributed by atoms with Crippen LogP contribution in [0.5, 0.6) is 5.75 Å². The van der Waals surface area contributed by atoms with Crippen molar-refractivity contribution in [1.29, 1.82) is 0 Å². The zero-order valence-electron chi connectivity index (χ0n) is 17.9. The number of methoxy groups -OCH3 is 1. The Morgan fingerprint density at radius 2 is 1.81 bits per heavy atom. The number of piperidine rings is 1. The second-order valence-corrected chi connectivity index (χ2v) is 7.48. The second-order valence-electron chi connectivity index (χ2n) is 7.48. The van der Waals surface area contributed by atoms with Crippen molar-refractivity contribution in [3.05, 3.63) is 60.2 Å². The molecule has 7 nitrogen and oxygen atoms in total. The van der Waals surface area contributed by atoms with Crippen molar-refractivity contribution in [2.24, 2.45) is 5.92 Å². The van der Waals surface area contributed by atoms with Gasteiger partial charge in [-0.05, 0) is 37.1 Å². The van der Waals surface area contributed by atoms with Gasteiger partial charge in [-0.15, -0.1) is 0 Å². The Morgan fingerprint density at radius 3 is 2.45 bits per heavy atom. The standard InChI is InChI=1S/C24H28N2O5/c1-3-21(27)26-15-7-10-18(16-26)24(29)31-22(17-8-5-4-6-9-17)23(28)25-19-11-13-20(30-2)14-12-19/h4-6,8-9,11-14,18,22H,3,7,10,15-16H2,1-2H3,(H,25,28)/t18-,22-/m0/s1. The number of benzene rings is 2. The number of nitrogens with one attached hydrogen (secondary N) is 1. The molecule has 0 bridgehead atoms. The molecule has 2 aromatic carbocycles. The average molecular weight is 424 g/mol. The average Bonchev–Trinajstić information content (AvgIpc) is 2.82. The molecule has 1 heterocycles. The fourth-order valence-corrected chi connectivity index (χ4v) is 3.61. The van der Waals surface area contributed by atoms with E-state index in [1.165, 1.54) is 0 Å². The highest BCUT2D eigenvalue weighted by Crippen LogP contribution is 2.25. The van der Waals surface area contributed by atoms with Gasteiger partial charge in [-0.1, -0.05) is 37.3 Å². The molecule has 0 unspecified atom stereocenters. The van der Waals surface area contributed by atoms with Crippen molar-refractivity contribution in [3.63, 3.8) is 0 Å². The van der Waals surface area contributed by atoms with Gasteiger partial charge < -0.3 is 19.7 Å². The SMILES string of the molecule is CCC(=O)N1CCC[C@H](C(=O)O[C@H](C(=O)Nc2ccc(OC)cc2)c2ccccc2)C1. The predicted octanol–water partition coefficient (Wildman–Crippen LogP) is 3.57. The van der Waals surface area contributed by atoms with Gasteiger partial charge in [-0.25, -0.2) is 0 Å². The van der Waals surface area contributed by atoms with E-state index >= 15 is 0 Å². The van der Waals surface area contributed by atoms with E-state index in [1.54, 1.807) is 67.5 Å². The number of likely N-dealkylation sites (tertiary alicyclic amines) is 1.